The fraction of sp³-hybridized carbons (Fsp3) is 0.500. The number of hydrogen-bond donors (Lipinski definition) is 0. The van der Waals surface area contributed by atoms with Gasteiger partial charge in [0.05, 0.1) is 16.9 Å². The number of benzene rings is 1. The molecule has 1 unspecified atom stereocenters. The van der Waals surface area contributed by atoms with Crippen molar-refractivity contribution in [1.29, 1.82) is 0 Å². The van der Waals surface area contributed by atoms with Gasteiger partial charge < -0.3 is 4.90 Å². The summed E-state index contributed by atoms with van der Waals surface area (Å²) in [5, 5.41) is 1.06. The third kappa shape index (κ3) is 3.31. The van der Waals surface area contributed by atoms with Crippen molar-refractivity contribution in [3.05, 3.63) is 39.4 Å². The second-order valence-electron chi connectivity index (χ2n) is 7.02. The molecule has 24 heavy (non-hydrogen) atoms. The Labute approximate surface area is 147 Å². The number of rotatable bonds is 3. The fourth-order valence-corrected chi connectivity index (χ4v) is 2.88. The van der Waals surface area contributed by atoms with Gasteiger partial charge in [-0.15, -0.1) is 0 Å². The Balaban J connectivity index is 2.62. The minimum absolute atomic E-state index is 0.00177. The van der Waals surface area contributed by atoms with Crippen molar-refractivity contribution in [3.63, 3.8) is 0 Å². The molecule has 0 aliphatic rings. The van der Waals surface area contributed by atoms with E-state index in [0.717, 1.165) is 0 Å². The zero-order valence-electron chi connectivity index (χ0n) is 15.1. The van der Waals surface area contributed by atoms with E-state index in [1.54, 1.807) is 34.7 Å². The fourth-order valence-electron chi connectivity index (χ4n) is 2.71. The molecule has 0 aliphatic heterocycles. The Morgan fingerprint density at radius 1 is 1.38 bits per heavy atom. The van der Waals surface area contributed by atoms with E-state index < -0.39 is 5.41 Å². The van der Waals surface area contributed by atoms with Crippen LogP contribution in [0.2, 0.25) is 5.02 Å². The number of carbonyl (C=O) groups is 1. The van der Waals surface area contributed by atoms with Gasteiger partial charge in [-0.2, -0.15) is 0 Å². The molecule has 2 rings (SSSR count). The summed E-state index contributed by atoms with van der Waals surface area (Å²) < 4.78 is 1.62. The van der Waals surface area contributed by atoms with Crippen molar-refractivity contribution < 1.29 is 4.79 Å². The lowest BCUT2D eigenvalue weighted by Crippen LogP contribution is -2.40. The molecule has 1 atom stereocenters. The van der Waals surface area contributed by atoms with E-state index in [9.17, 15) is 9.59 Å². The number of amides is 1. The molecule has 0 spiro atoms. The second-order valence-corrected chi connectivity index (χ2v) is 7.46. The van der Waals surface area contributed by atoms with Crippen LogP contribution in [0.5, 0.6) is 0 Å². The van der Waals surface area contributed by atoms with E-state index in [1.165, 1.54) is 0 Å². The maximum Gasteiger partial charge on any atom is 0.261 e. The van der Waals surface area contributed by atoms with E-state index >= 15 is 0 Å². The van der Waals surface area contributed by atoms with E-state index in [0.29, 0.717) is 28.3 Å². The van der Waals surface area contributed by atoms with Gasteiger partial charge in [-0.25, -0.2) is 4.98 Å². The summed E-state index contributed by atoms with van der Waals surface area (Å²) in [6, 6.07) is 4.73. The Morgan fingerprint density at radius 3 is 2.54 bits per heavy atom. The van der Waals surface area contributed by atoms with Gasteiger partial charge in [0.1, 0.15) is 5.82 Å². The minimum atomic E-state index is -0.499. The number of hydrogen-bond acceptors (Lipinski definition) is 3. The summed E-state index contributed by atoms with van der Waals surface area (Å²) in [6.07, 6.45) is 0. The summed E-state index contributed by atoms with van der Waals surface area (Å²) in [7, 11) is 1.74. The predicted molar refractivity (Wildman–Crippen MR) is 97.3 cm³/mol. The molecular weight excluding hydrogens is 326 g/mol. The maximum atomic E-state index is 12.8. The van der Waals surface area contributed by atoms with E-state index in [4.69, 9.17) is 11.6 Å². The number of halogens is 1. The Morgan fingerprint density at radius 2 is 2.00 bits per heavy atom. The first kappa shape index (κ1) is 18.5. The van der Waals surface area contributed by atoms with Crippen LogP contribution in [0.3, 0.4) is 0 Å². The molecule has 6 heteroatoms. The van der Waals surface area contributed by atoms with Gasteiger partial charge in [0, 0.05) is 24.0 Å². The van der Waals surface area contributed by atoms with Crippen molar-refractivity contribution in [3.8, 4) is 0 Å². The predicted octanol–water partition coefficient (Wildman–Crippen LogP) is 3.64. The lowest BCUT2D eigenvalue weighted by atomic mass is 9.94. The summed E-state index contributed by atoms with van der Waals surface area (Å²) in [6.45, 7) is 9.89. The second kappa shape index (κ2) is 6.55. The van der Waals surface area contributed by atoms with Crippen molar-refractivity contribution in [2.75, 3.05) is 7.05 Å². The highest BCUT2D eigenvalue weighted by Gasteiger charge is 2.30. The normalized spacial score (nSPS) is 13.1. The van der Waals surface area contributed by atoms with Gasteiger partial charge >= 0.3 is 0 Å². The van der Waals surface area contributed by atoms with Gasteiger partial charge in [-0.05, 0) is 32.0 Å². The molecule has 0 bridgehead atoms. The molecule has 1 aromatic heterocycles. The summed E-state index contributed by atoms with van der Waals surface area (Å²) >= 11 is 6.04. The van der Waals surface area contributed by atoms with Crippen LogP contribution < -0.4 is 5.56 Å². The smallest absolute Gasteiger partial charge is 0.261 e. The number of fused-ring (bicyclic) bond motifs is 1. The van der Waals surface area contributed by atoms with Gasteiger partial charge in [0.2, 0.25) is 5.91 Å². The highest BCUT2D eigenvalue weighted by molar-refractivity contribution is 6.31. The summed E-state index contributed by atoms with van der Waals surface area (Å²) in [5.74, 6) is 0.565. The molecule has 0 saturated heterocycles. The molecule has 1 heterocycles. The van der Waals surface area contributed by atoms with Gasteiger partial charge in [0.15, 0.2) is 0 Å². The number of carbonyl (C=O) groups excluding carboxylic acids is 1. The zero-order chi connectivity index (χ0) is 18.2. The van der Waals surface area contributed by atoms with Crippen LogP contribution in [-0.2, 0) is 11.3 Å². The van der Waals surface area contributed by atoms with Crippen LogP contribution in [0.1, 0.15) is 46.5 Å². The highest BCUT2D eigenvalue weighted by atomic mass is 35.5. The SMILES string of the molecule is CCn1c(C(C)N(C)C(=O)C(C)(C)C)nc2cc(Cl)ccc2c1=O. The molecular formula is C18H24ClN3O2. The molecule has 0 fully saturated rings. The zero-order valence-corrected chi connectivity index (χ0v) is 15.8. The quantitative estimate of drug-likeness (QED) is 0.850. The van der Waals surface area contributed by atoms with E-state index in [2.05, 4.69) is 4.98 Å². The third-order valence-electron chi connectivity index (χ3n) is 4.18. The molecule has 5 nitrogen and oxygen atoms in total. The van der Waals surface area contributed by atoms with Crippen LogP contribution in [-0.4, -0.2) is 27.4 Å². The standard InChI is InChI=1S/C18H24ClN3O2/c1-7-22-15(11(2)21(6)17(24)18(3,4)5)20-14-10-12(19)8-9-13(14)16(22)23/h8-11H,7H2,1-6H3. The minimum Gasteiger partial charge on any atom is -0.335 e. The Kier molecular flexibility index (Phi) is 5.04. The molecule has 1 amide bonds. The van der Waals surface area contributed by atoms with E-state index in [1.807, 2.05) is 34.6 Å². The molecule has 130 valence electrons. The van der Waals surface area contributed by atoms with Crippen LogP contribution in [0.4, 0.5) is 0 Å². The van der Waals surface area contributed by atoms with Crippen molar-refractivity contribution in [2.45, 2.75) is 47.2 Å². The largest absolute Gasteiger partial charge is 0.335 e. The van der Waals surface area contributed by atoms with Crippen LogP contribution in [0, 0.1) is 5.41 Å². The lowest BCUT2D eigenvalue weighted by molar-refractivity contribution is -0.140. The Bertz CT molecular complexity index is 836. The lowest BCUT2D eigenvalue weighted by Gasteiger charge is -2.31. The average Bonchev–Trinajstić information content (AvgIpc) is 2.51. The van der Waals surface area contributed by atoms with Crippen molar-refractivity contribution in [2.24, 2.45) is 5.41 Å². The molecule has 0 radical (unpaired) electrons. The van der Waals surface area contributed by atoms with Gasteiger partial charge in [-0.1, -0.05) is 32.4 Å². The topological polar surface area (TPSA) is 55.2 Å². The molecule has 0 saturated carbocycles. The number of aromatic nitrogens is 2. The monoisotopic (exact) mass is 349 g/mol. The Hall–Kier alpha value is -1.88. The van der Waals surface area contributed by atoms with Crippen LogP contribution in [0.25, 0.3) is 10.9 Å². The van der Waals surface area contributed by atoms with E-state index in [-0.39, 0.29) is 17.5 Å². The van der Waals surface area contributed by atoms with Crippen molar-refractivity contribution >= 4 is 28.4 Å². The third-order valence-corrected chi connectivity index (χ3v) is 4.41. The molecule has 2 aromatic rings. The van der Waals surface area contributed by atoms with Gasteiger partial charge in [0.25, 0.3) is 5.56 Å². The first-order valence-corrected chi connectivity index (χ1v) is 8.43. The van der Waals surface area contributed by atoms with Crippen LogP contribution >= 0.6 is 11.6 Å². The van der Waals surface area contributed by atoms with Crippen LogP contribution in [0.15, 0.2) is 23.0 Å². The van der Waals surface area contributed by atoms with Crippen molar-refractivity contribution in [1.82, 2.24) is 14.5 Å². The highest BCUT2D eigenvalue weighted by Crippen LogP contribution is 2.25. The van der Waals surface area contributed by atoms with Gasteiger partial charge in [-0.3, -0.25) is 14.2 Å². The summed E-state index contributed by atoms with van der Waals surface area (Å²) in [4.78, 5) is 31.6. The summed E-state index contributed by atoms with van der Waals surface area (Å²) in [5.41, 5.74) is -0.0613. The molecule has 1 aromatic carbocycles. The number of nitrogens with zero attached hydrogens (tertiary/aromatic N) is 3. The molecule has 0 aliphatic carbocycles. The molecule has 0 N–H and O–H groups in total. The first-order valence-electron chi connectivity index (χ1n) is 8.05. The maximum absolute atomic E-state index is 12.8. The first-order chi connectivity index (χ1) is 11.1. The average molecular weight is 350 g/mol.